The average molecular weight is 310 g/mol. The number of sulfonamides is 1. The van der Waals surface area contributed by atoms with E-state index in [9.17, 15) is 8.42 Å². The standard InChI is InChI=1S/C16H26N2O2S/c1-12-5-10-16(13(2)11-12)17-14-6-8-15(9-7-14)21(19,20)18(3)4/h6-9,12-13,16-17H,5,10-11H2,1-4H3. The number of hydrogen-bond donors (Lipinski definition) is 1. The molecule has 0 radical (unpaired) electrons. The van der Waals surface area contributed by atoms with Crippen molar-refractivity contribution in [2.75, 3.05) is 19.4 Å². The molecule has 2 rings (SSSR count). The Morgan fingerprint density at radius 2 is 1.71 bits per heavy atom. The summed E-state index contributed by atoms with van der Waals surface area (Å²) in [5, 5.41) is 3.55. The monoisotopic (exact) mass is 310 g/mol. The number of rotatable bonds is 4. The van der Waals surface area contributed by atoms with Crippen LogP contribution in [0.5, 0.6) is 0 Å². The first-order chi connectivity index (χ1) is 9.80. The van der Waals surface area contributed by atoms with Crippen molar-refractivity contribution in [3.05, 3.63) is 24.3 Å². The van der Waals surface area contributed by atoms with Crippen molar-refractivity contribution in [2.24, 2.45) is 11.8 Å². The molecule has 0 aliphatic heterocycles. The minimum Gasteiger partial charge on any atom is -0.382 e. The van der Waals surface area contributed by atoms with Crippen LogP contribution in [-0.2, 0) is 10.0 Å². The molecule has 0 bridgehead atoms. The summed E-state index contributed by atoms with van der Waals surface area (Å²) >= 11 is 0. The molecule has 0 aromatic heterocycles. The van der Waals surface area contributed by atoms with Gasteiger partial charge in [-0.25, -0.2) is 12.7 Å². The third-order valence-electron chi connectivity index (χ3n) is 4.42. The van der Waals surface area contributed by atoms with E-state index < -0.39 is 10.0 Å². The van der Waals surface area contributed by atoms with Gasteiger partial charge in [0.05, 0.1) is 4.90 Å². The summed E-state index contributed by atoms with van der Waals surface area (Å²) in [5.41, 5.74) is 0.999. The second-order valence-corrected chi connectivity index (χ2v) is 8.61. The molecule has 0 saturated heterocycles. The van der Waals surface area contributed by atoms with Gasteiger partial charge in [-0.1, -0.05) is 13.8 Å². The Morgan fingerprint density at radius 3 is 2.24 bits per heavy atom. The zero-order valence-corrected chi connectivity index (χ0v) is 14.2. The Labute approximate surface area is 128 Å². The lowest BCUT2D eigenvalue weighted by atomic mass is 9.80. The predicted octanol–water partition coefficient (Wildman–Crippen LogP) is 3.17. The predicted molar refractivity (Wildman–Crippen MR) is 86.9 cm³/mol. The Hall–Kier alpha value is -1.07. The second-order valence-electron chi connectivity index (χ2n) is 6.46. The minimum absolute atomic E-state index is 0.336. The van der Waals surface area contributed by atoms with Gasteiger partial charge in [0.15, 0.2) is 0 Å². The van der Waals surface area contributed by atoms with Gasteiger partial charge in [-0.15, -0.1) is 0 Å². The molecule has 5 heteroatoms. The fourth-order valence-electron chi connectivity index (χ4n) is 3.03. The molecule has 3 unspecified atom stereocenters. The first-order valence-corrected chi connectivity index (χ1v) is 9.04. The first-order valence-electron chi connectivity index (χ1n) is 7.60. The van der Waals surface area contributed by atoms with E-state index in [2.05, 4.69) is 19.2 Å². The highest BCUT2D eigenvalue weighted by Crippen LogP contribution is 2.31. The van der Waals surface area contributed by atoms with E-state index in [0.717, 1.165) is 11.6 Å². The van der Waals surface area contributed by atoms with Gasteiger partial charge in [-0.2, -0.15) is 0 Å². The Morgan fingerprint density at radius 1 is 1.10 bits per heavy atom. The van der Waals surface area contributed by atoms with Gasteiger partial charge < -0.3 is 5.32 Å². The maximum atomic E-state index is 12.0. The van der Waals surface area contributed by atoms with E-state index in [1.54, 1.807) is 26.2 Å². The molecule has 1 N–H and O–H groups in total. The summed E-state index contributed by atoms with van der Waals surface area (Å²) < 4.78 is 25.3. The number of nitrogens with zero attached hydrogens (tertiary/aromatic N) is 1. The van der Waals surface area contributed by atoms with Crippen LogP contribution in [0.3, 0.4) is 0 Å². The fourth-order valence-corrected chi connectivity index (χ4v) is 3.93. The van der Waals surface area contributed by atoms with Gasteiger partial charge in [0.2, 0.25) is 10.0 Å². The van der Waals surface area contributed by atoms with Crippen LogP contribution in [0.15, 0.2) is 29.2 Å². The molecule has 0 amide bonds. The van der Waals surface area contributed by atoms with E-state index in [4.69, 9.17) is 0 Å². The minimum atomic E-state index is -3.34. The second kappa shape index (κ2) is 6.36. The van der Waals surface area contributed by atoms with Crippen molar-refractivity contribution >= 4 is 15.7 Å². The molecular formula is C16H26N2O2S. The molecule has 3 atom stereocenters. The number of anilines is 1. The first kappa shape index (κ1) is 16.3. The van der Waals surface area contributed by atoms with Gasteiger partial charge >= 0.3 is 0 Å². The largest absolute Gasteiger partial charge is 0.382 e. The van der Waals surface area contributed by atoms with Crippen LogP contribution < -0.4 is 5.32 Å². The molecular weight excluding hydrogens is 284 g/mol. The van der Waals surface area contributed by atoms with Gasteiger partial charge in [-0.05, 0) is 55.4 Å². The highest BCUT2D eigenvalue weighted by molar-refractivity contribution is 7.89. The molecule has 1 aliphatic rings. The highest BCUT2D eigenvalue weighted by Gasteiger charge is 2.25. The topological polar surface area (TPSA) is 49.4 Å². The summed E-state index contributed by atoms with van der Waals surface area (Å²) in [7, 11) is -0.243. The van der Waals surface area contributed by atoms with Crippen LogP contribution >= 0.6 is 0 Å². The van der Waals surface area contributed by atoms with Crippen molar-refractivity contribution in [1.29, 1.82) is 0 Å². The summed E-state index contributed by atoms with van der Waals surface area (Å²) in [4.78, 5) is 0.336. The Bertz CT molecular complexity index is 566. The quantitative estimate of drug-likeness (QED) is 0.929. The smallest absolute Gasteiger partial charge is 0.242 e. The van der Waals surface area contributed by atoms with Gasteiger partial charge in [0.25, 0.3) is 0 Å². The van der Waals surface area contributed by atoms with Gasteiger partial charge in [0, 0.05) is 25.8 Å². The molecule has 118 valence electrons. The van der Waals surface area contributed by atoms with Crippen molar-refractivity contribution in [2.45, 2.75) is 44.0 Å². The van der Waals surface area contributed by atoms with Crippen molar-refractivity contribution in [3.63, 3.8) is 0 Å². The fraction of sp³-hybridized carbons (Fsp3) is 0.625. The van der Waals surface area contributed by atoms with Crippen LogP contribution in [0.1, 0.15) is 33.1 Å². The third kappa shape index (κ3) is 3.77. The van der Waals surface area contributed by atoms with Crippen LogP contribution in [0.2, 0.25) is 0 Å². The highest BCUT2D eigenvalue weighted by atomic mass is 32.2. The molecule has 21 heavy (non-hydrogen) atoms. The van der Waals surface area contributed by atoms with E-state index in [0.29, 0.717) is 16.9 Å². The Kier molecular flexibility index (Phi) is 4.94. The van der Waals surface area contributed by atoms with Gasteiger partial charge in [0.1, 0.15) is 0 Å². The van der Waals surface area contributed by atoms with E-state index in [-0.39, 0.29) is 0 Å². The van der Waals surface area contributed by atoms with E-state index in [1.807, 2.05) is 12.1 Å². The van der Waals surface area contributed by atoms with E-state index >= 15 is 0 Å². The van der Waals surface area contributed by atoms with Crippen LogP contribution in [-0.4, -0.2) is 32.9 Å². The number of hydrogen-bond acceptors (Lipinski definition) is 3. The normalized spacial score (nSPS) is 26.8. The average Bonchev–Trinajstić information content (AvgIpc) is 2.42. The SMILES string of the molecule is CC1CCC(Nc2ccc(S(=O)(=O)N(C)C)cc2)C(C)C1. The lowest BCUT2D eigenvalue weighted by Crippen LogP contribution is -2.33. The van der Waals surface area contributed by atoms with Crippen LogP contribution in [0.4, 0.5) is 5.69 Å². The summed E-state index contributed by atoms with van der Waals surface area (Å²) in [6, 6.07) is 7.56. The molecule has 1 aromatic rings. The molecule has 1 saturated carbocycles. The number of nitrogens with one attached hydrogen (secondary N) is 1. The zero-order chi connectivity index (χ0) is 15.6. The lowest BCUT2D eigenvalue weighted by Gasteiger charge is -2.33. The van der Waals surface area contributed by atoms with Crippen molar-refractivity contribution < 1.29 is 8.42 Å². The summed E-state index contributed by atoms with van der Waals surface area (Å²) in [5.74, 6) is 1.46. The van der Waals surface area contributed by atoms with E-state index in [1.165, 1.54) is 23.6 Å². The molecule has 1 fully saturated rings. The lowest BCUT2D eigenvalue weighted by molar-refractivity contribution is 0.276. The maximum absolute atomic E-state index is 12.0. The molecule has 1 aliphatic carbocycles. The van der Waals surface area contributed by atoms with Gasteiger partial charge in [-0.3, -0.25) is 0 Å². The van der Waals surface area contributed by atoms with Crippen LogP contribution in [0.25, 0.3) is 0 Å². The Balaban J connectivity index is 2.06. The van der Waals surface area contributed by atoms with Crippen molar-refractivity contribution in [1.82, 2.24) is 4.31 Å². The zero-order valence-electron chi connectivity index (χ0n) is 13.3. The van der Waals surface area contributed by atoms with Crippen LogP contribution in [0, 0.1) is 11.8 Å². The summed E-state index contributed by atoms with van der Waals surface area (Å²) in [6.07, 6.45) is 3.69. The number of benzene rings is 1. The maximum Gasteiger partial charge on any atom is 0.242 e. The van der Waals surface area contributed by atoms with Crippen molar-refractivity contribution in [3.8, 4) is 0 Å². The third-order valence-corrected chi connectivity index (χ3v) is 6.25. The molecule has 0 heterocycles. The molecule has 1 aromatic carbocycles. The molecule has 0 spiro atoms. The molecule has 4 nitrogen and oxygen atoms in total. The summed E-state index contributed by atoms with van der Waals surface area (Å²) in [6.45, 7) is 4.60.